The van der Waals surface area contributed by atoms with Crippen molar-refractivity contribution in [2.45, 2.75) is 19.2 Å². The van der Waals surface area contributed by atoms with Crippen LogP contribution in [0.2, 0.25) is 0 Å². The molecule has 1 N–H and O–H groups in total. The van der Waals surface area contributed by atoms with Gasteiger partial charge in [-0.2, -0.15) is 22.0 Å². The van der Waals surface area contributed by atoms with Gasteiger partial charge in [0.2, 0.25) is 0 Å². The third kappa shape index (κ3) is 3.72. The Hall–Kier alpha value is -1.03. The van der Waals surface area contributed by atoms with Gasteiger partial charge in [-0.25, -0.2) is 0 Å². The Morgan fingerprint density at radius 3 is 2.05 bits per heavy atom. The summed E-state index contributed by atoms with van der Waals surface area (Å²) in [5, 5.41) is -0.235. The van der Waals surface area contributed by atoms with Crippen LogP contribution in [0, 0.1) is 0 Å². The van der Waals surface area contributed by atoms with Gasteiger partial charge < -0.3 is 13.6 Å². The summed E-state index contributed by atoms with van der Waals surface area (Å²) >= 11 is 0. The van der Waals surface area contributed by atoms with Gasteiger partial charge in [-0.1, -0.05) is 30.3 Å². The van der Waals surface area contributed by atoms with E-state index in [4.69, 9.17) is 0 Å². The van der Waals surface area contributed by atoms with E-state index in [0.717, 1.165) is 12.1 Å². The van der Waals surface area contributed by atoms with E-state index < -0.39 is 21.1 Å². The average Bonchev–Trinajstić information content (AvgIpc) is 2.28. The second kappa shape index (κ2) is 5.53. The highest BCUT2D eigenvalue weighted by atomic mass is 28.4. The van der Waals surface area contributed by atoms with Crippen LogP contribution < -0.4 is 5.19 Å². The monoisotopic (exact) mass is 302 g/mol. The van der Waals surface area contributed by atoms with Gasteiger partial charge >= 0.3 is 21.1 Å². The maximum atomic E-state index is 12.9. The van der Waals surface area contributed by atoms with Gasteiger partial charge in [0.1, 0.15) is 0 Å². The smallest absolute Gasteiger partial charge is 0.386 e. The molecule has 1 atom stereocenters. The van der Waals surface area contributed by atoms with Crippen LogP contribution in [-0.2, 0) is 8.85 Å². The molecule has 0 amide bonds. The highest BCUT2D eigenvalue weighted by molar-refractivity contribution is 6.74. The molecular formula is C10H11F5O3Si. The summed E-state index contributed by atoms with van der Waals surface area (Å²) in [5.41, 5.74) is 0. The summed E-state index contributed by atoms with van der Waals surface area (Å²) in [6.45, 7) is 1.07. The Balaban J connectivity index is 3.08. The lowest BCUT2D eigenvalue weighted by molar-refractivity contribution is -0.371. The fourth-order valence-corrected chi connectivity index (χ4v) is 3.06. The van der Waals surface area contributed by atoms with Crippen LogP contribution >= 0.6 is 0 Å². The first-order chi connectivity index (χ1) is 8.62. The Morgan fingerprint density at radius 2 is 1.63 bits per heavy atom. The number of hydrogen-bond donors (Lipinski definition) is 1. The maximum absolute atomic E-state index is 12.9. The lowest BCUT2D eigenvalue weighted by Crippen LogP contribution is -2.60. The zero-order valence-electron chi connectivity index (χ0n) is 9.75. The standard InChI is InChI=1S/C10H11F5O3Si/c1-2-17-19(16,8-6-4-3-5-7-8)18-10(14,15)9(11,12)13/h3-7,16H,2H2,1H3. The largest absolute Gasteiger partial charge is 0.539 e. The Kier molecular flexibility index (Phi) is 4.66. The van der Waals surface area contributed by atoms with E-state index in [9.17, 15) is 26.7 Å². The molecular weight excluding hydrogens is 291 g/mol. The minimum Gasteiger partial charge on any atom is -0.386 e. The van der Waals surface area contributed by atoms with Gasteiger partial charge in [-0.15, -0.1) is 0 Å². The number of halogens is 5. The normalized spacial score (nSPS) is 16.2. The first-order valence-corrected chi connectivity index (χ1v) is 6.95. The molecule has 9 heteroatoms. The number of rotatable bonds is 5. The highest BCUT2D eigenvalue weighted by Gasteiger charge is 2.64. The van der Waals surface area contributed by atoms with Gasteiger partial charge in [0.25, 0.3) is 0 Å². The average molecular weight is 302 g/mol. The molecule has 19 heavy (non-hydrogen) atoms. The Morgan fingerprint density at radius 1 is 1.11 bits per heavy atom. The second-order valence-corrected chi connectivity index (χ2v) is 5.73. The minimum absolute atomic E-state index is 0.235. The van der Waals surface area contributed by atoms with E-state index in [0.29, 0.717) is 0 Å². The fourth-order valence-electron chi connectivity index (χ4n) is 1.25. The molecule has 3 nitrogen and oxygen atoms in total. The van der Waals surface area contributed by atoms with E-state index in [2.05, 4.69) is 8.85 Å². The van der Waals surface area contributed by atoms with Crippen LogP contribution in [0.3, 0.4) is 0 Å². The molecule has 0 radical (unpaired) electrons. The van der Waals surface area contributed by atoms with E-state index in [1.165, 1.54) is 25.1 Å². The maximum Gasteiger partial charge on any atom is 0.539 e. The van der Waals surface area contributed by atoms with Crippen molar-refractivity contribution >= 4 is 14.0 Å². The summed E-state index contributed by atoms with van der Waals surface area (Å²) in [7, 11) is -4.84. The topological polar surface area (TPSA) is 38.7 Å². The second-order valence-electron chi connectivity index (χ2n) is 3.50. The van der Waals surface area contributed by atoms with Gasteiger partial charge in [-0.3, -0.25) is 0 Å². The van der Waals surface area contributed by atoms with E-state index >= 15 is 0 Å². The summed E-state index contributed by atoms with van der Waals surface area (Å²) in [6.07, 6.45) is -11.4. The van der Waals surface area contributed by atoms with Crippen molar-refractivity contribution in [2.75, 3.05) is 6.61 Å². The molecule has 0 saturated heterocycles. The molecule has 0 bridgehead atoms. The Bertz CT molecular complexity index is 411. The van der Waals surface area contributed by atoms with Crippen LogP contribution in [0.5, 0.6) is 0 Å². The molecule has 0 spiro atoms. The molecule has 0 aromatic heterocycles. The molecule has 1 aromatic rings. The van der Waals surface area contributed by atoms with Gasteiger partial charge in [0.15, 0.2) is 0 Å². The van der Waals surface area contributed by atoms with Crippen molar-refractivity contribution in [1.29, 1.82) is 0 Å². The third-order valence-electron chi connectivity index (χ3n) is 2.08. The van der Waals surface area contributed by atoms with Crippen LogP contribution in [0.25, 0.3) is 0 Å². The van der Waals surface area contributed by atoms with E-state index in [-0.39, 0.29) is 11.8 Å². The summed E-state index contributed by atoms with van der Waals surface area (Å²) in [5.74, 6) is 0. The summed E-state index contributed by atoms with van der Waals surface area (Å²) in [4.78, 5) is 9.90. The molecule has 0 heterocycles. The van der Waals surface area contributed by atoms with Crippen molar-refractivity contribution in [3.63, 3.8) is 0 Å². The summed E-state index contributed by atoms with van der Waals surface area (Å²) < 4.78 is 70.3. The molecule has 1 unspecified atom stereocenters. The predicted octanol–water partition coefficient (Wildman–Crippen LogP) is 2.03. The zero-order valence-corrected chi connectivity index (χ0v) is 10.7. The number of benzene rings is 1. The fraction of sp³-hybridized carbons (Fsp3) is 0.400. The van der Waals surface area contributed by atoms with Crippen LogP contribution in [-0.4, -0.2) is 32.5 Å². The third-order valence-corrected chi connectivity index (χ3v) is 4.35. The van der Waals surface area contributed by atoms with Crippen LogP contribution in [0.4, 0.5) is 22.0 Å². The van der Waals surface area contributed by atoms with E-state index in [1.807, 2.05) is 0 Å². The summed E-state index contributed by atoms with van der Waals surface area (Å²) in [6, 6.07) is 6.55. The number of alkyl halides is 5. The van der Waals surface area contributed by atoms with Crippen molar-refractivity contribution < 1.29 is 35.6 Å². The molecule has 1 aromatic carbocycles. The lowest BCUT2D eigenvalue weighted by atomic mass is 10.4. The first-order valence-electron chi connectivity index (χ1n) is 5.19. The molecule has 0 aliphatic heterocycles. The zero-order chi connectivity index (χ0) is 14.7. The molecule has 0 fully saturated rings. The SMILES string of the molecule is CCO[Si](O)(OC(F)(F)C(F)(F)F)c1ccccc1. The van der Waals surface area contributed by atoms with Crippen LogP contribution in [0.1, 0.15) is 6.92 Å². The van der Waals surface area contributed by atoms with Crippen molar-refractivity contribution in [2.24, 2.45) is 0 Å². The predicted molar refractivity (Wildman–Crippen MR) is 57.8 cm³/mol. The molecule has 0 saturated carbocycles. The van der Waals surface area contributed by atoms with Gasteiger partial charge in [0.05, 0.1) is 0 Å². The number of hydrogen-bond acceptors (Lipinski definition) is 3. The Labute approximate surface area is 106 Å². The van der Waals surface area contributed by atoms with Crippen molar-refractivity contribution in [3.05, 3.63) is 30.3 Å². The minimum atomic E-state index is -5.93. The first kappa shape index (κ1) is 16.0. The molecule has 0 aliphatic rings. The van der Waals surface area contributed by atoms with E-state index in [1.54, 1.807) is 0 Å². The molecule has 108 valence electrons. The lowest BCUT2D eigenvalue weighted by Gasteiger charge is -2.29. The van der Waals surface area contributed by atoms with Gasteiger partial charge in [-0.05, 0) is 6.92 Å². The molecule has 1 rings (SSSR count). The quantitative estimate of drug-likeness (QED) is 0.668. The molecule has 0 aliphatic carbocycles. The highest BCUT2D eigenvalue weighted by Crippen LogP contribution is 2.38. The van der Waals surface area contributed by atoms with Crippen LogP contribution in [0.15, 0.2) is 30.3 Å². The van der Waals surface area contributed by atoms with Crippen molar-refractivity contribution in [3.8, 4) is 0 Å². The van der Waals surface area contributed by atoms with Gasteiger partial charge in [0, 0.05) is 11.8 Å². The van der Waals surface area contributed by atoms with Crippen molar-refractivity contribution in [1.82, 2.24) is 0 Å².